The number of rotatable bonds is 11. The smallest absolute Gasteiger partial charge is 0.235 e. The summed E-state index contributed by atoms with van der Waals surface area (Å²) in [4.78, 5) is 17.9. The van der Waals surface area contributed by atoms with E-state index in [9.17, 15) is 23.4 Å². The average Bonchev–Trinajstić information content (AvgIpc) is 3.33. The van der Waals surface area contributed by atoms with E-state index in [4.69, 9.17) is 0 Å². The van der Waals surface area contributed by atoms with E-state index < -0.39 is 33.9 Å². The second kappa shape index (κ2) is 12.7. The van der Waals surface area contributed by atoms with Crippen LogP contribution in [0.3, 0.4) is 0 Å². The van der Waals surface area contributed by atoms with Gasteiger partial charge in [0.1, 0.15) is 0 Å². The summed E-state index contributed by atoms with van der Waals surface area (Å²) >= 11 is 0. The Labute approximate surface area is 230 Å². The number of benzene rings is 3. The van der Waals surface area contributed by atoms with Crippen LogP contribution in [0, 0.1) is 0 Å². The predicted molar refractivity (Wildman–Crippen MR) is 153 cm³/mol. The number of aliphatic hydroxyl groups excluding tert-OH is 2. The predicted octanol–water partition coefficient (Wildman–Crippen LogP) is 3.21. The number of carbonyl (C=O) groups excluding carboxylic acids is 1. The van der Waals surface area contributed by atoms with Crippen molar-refractivity contribution in [2.24, 2.45) is 0 Å². The minimum atomic E-state index is -3.73. The number of likely N-dealkylation sites (tertiary alicyclic amines) is 1. The molecule has 0 aromatic heterocycles. The third-order valence-corrected chi connectivity index (χ3v) is 8.44. The molecule has 208 valence electrons. The number of sulfonamides is 1. The van der Waals surface area contributed by atoms with Gasteiger partial charge in [0.25, 0.3) is 0 Å². The number of hydrogen-bond acceptors (Lipinski definition) is 6. The number of hydrogen-bond donors (Lipinski definition) is 3. The maximum absolute atomic E-state index is 14.0. The number of amides is 1. The van der Waals surface area contributed by atoms with E-state index >= 15 is 0 Å². The van der Waals surface area contributed by atoms with E-state index in [-0.39, 0.29) is 11.9 Å². The normalized spacial score (nSPS) is 17.6. The molecule has 9 heteroatoms. The summed E-state index contributed by atoms with van der Waals surface area (Å²) in [7, 11) is -1.94. The molecule has 1 saturated heterocycles. The first-order chi connectivity index (χ1) is 18.6. The molecule has 3 aromatic carbocycles. The number of aliphatic hydroxyl groups is 2. The number of carbonyl (C=O) groups is 1. The van der Waals surface area contributed by atoms with Gasteiger partial charge in [-0.1, -0.05) is 72.8 Å². The Hall–Kier alpha value is -3.24. The van der Waals surface area contributed by atoms with Gasteiger partial charge >= 0.3 is 0 Å². The molecule has 0 radical (unpaired) electrons. The van der Waals surface area contributed by atoms with E-state index in [0.29, 0.717) is 31.7 Å². The number of anilines is 1. The van der Waals surface area contributed by atoms with Gasteiger partial charge in [-0.25, -0.2) is 8.42 Å². The lowest BCUT2D eigenvalue weighted by atomic mass is 9.90. The molecule has 0 saturated carbocycles. The number of likely N-dealkylation sites (N-methyl/N-ethyl adjacent to an activating group) is 1. The van der Waals surface area contributed by atoms with E-state index in [1.165, 1.54) is 6.92 Å². The van der Waals surface area contributed by atoms with Gasteiger partial charge in [-0.05, 0) is 42.2 Å². The van der Waals surface area contributed by atoms with Crippen LogP contribution in [0.2, 0.25) is 0 Å². The highest BCUT2D eigenvalue weighted by atomic mass is 32.2. The summed E-state index contributed by atoms with van der Waals surface area (Å²) in [6.45, 7) is 2.90. The number of β-amino-alcohol motifs (C(OH)–C–C–N with tert-alkyl or cyclic N) is 1. The molecule has 39 heavy (non-hydrogen) atoms. The van der Waals surface area contributed by atoms with Crippen molar-refractivity contribution in [3.05, 3.63) is 102 Å². The monoisotopic (exact) mass is 551 g/mol. The quantitative estimate of drug-likeness (QED) is 0.338. The maximum Gasteiger partial charge on any atom is 0.235 e. The molecule has 1 heterocycles. The van der Waals surface area contributed by atoms with Crippen molar-refractivity contribution >= 4 is 21.6 Å². The minimum absolute atomic E-state index is 0.0501. The lowest BCUT2D eigenvalue weighted by molar-refractivity contribution is -0.131. The van der Waals surface area contributed by atoms with Gasteiger partial charge in [0.15, 0.2) is 0 Å². The fourth-order valence-corrected chi connectivity index (χ4v) is 6.37. The molecule has 0 spiro atoms. The molecule has 2 unspecified atom stereocenters. The zero-order valence-corrected chi connectivity index (χ0v) is 23.2. The molecular weight excluding hydrogens is 514 g/mol. The fraction of sp³-hybridized carbons (Fsp3) is 0.367. The minimum Gasteiger partial charge on any atom is -0.392 e. The maximum atomic E-state index is 14.0. The van der Waals surface area contributed by atoms with Gasteiger partial charge in [-0.2, -0.15) is 0 Å². The Morgan fingerprint density at radius 1 is 1.00 bits per heavy atom. The molecule has 8 nitrogen and oxygen atoms in total. The van der Waals surface area contributed by atoms with Gasteiger partial charge in [0, 0.05) is 32.4 Å². The van der Waals surface area contributed by atoms with Crippen LogP contribution in [-0.4, -0.2) is 79.0 Å². The molecule has 0 bridgehead atoms. The van der Waals surface area contributed by atoms with E-state index in [0.717, 1.165) is 16.7 Å². The zero-order valence-electron chi connectivity index (χ0n) is 22.3. The highest BCUT2D eigenvalue weighted by Gasteiger charge is 2.32. The highest BCUT2D eigenvalue weighted by Crippen LogP contribution is 2.31. The number of nitrogens with one attached hydrogen (secondary N) is 1. The summed E-state index contributed by atoms with van der Waals surface area (Å²) in [6.07, 6.45) is -0.820. The van der Waals surface area contributed by atoms with Crippen molar-refractivity contribution in [1.82, 2.24) is 9.80 Å². The van der Waals surface area contributed by atoms with Gasteiger partial charge in [-0.15, -0.1) is 0 Å². The first kappa shape index (κ1) is 28.8. The van der Waals surface area contributed by atoms with Crippen LogP contribution in [0.15, 0.2) is 84.9 Å². The van der Waals surface area contributed by atoms with Crippen LogP contribution >= 0.6 is 0 Å². The van der Waals surface area contributed by atoms with Crippen molar-refractivity contribution in [3.8, 4) is 0 Å². The van der Waals surface area contributed by atoms with Crippen molar-refractivity contribution in [1.29, 1.82) is 0 Å². The molecule has 3 aromatic rings. The molecule has 1 amide bonds. The Balaban J connectivity index is 1.62. The van der Waals surface area contributed by atoms with Gasteiger partial charge in [0.05, 0.1) is 29.9 Å². The average molecular weight is 552 g/mol. The molecule has 3 N–H and O–H groups in total. The Kier molecular flexibility index (Phi) is 9.40. The molecular formula is C30H37N3O5S. The summed E-state index contributed by atoms with van der Waals surface area (Å²) < 4.78 is 27.4. The second-order valence-electron chi connectivity index (χ2n) is 10.3. The summed E-state index contributed by atoms with van der Waals surface area (Å²) in [5, 5.41) is 19.8. The highest BCUT2D eigenvalue weighted by molar-refractivity contribution is 7.92. The molecule has 1 fully saturated rings. The van der Waals surface area contributed by atoms with Crippen LogP contribution in [-0.2, 0) is 14.8 Å². The topological polar surface area (TPSA) is 110 Å². The Morgan fingerprint density at radius 3 is 2.13 bits per heavy atom. The first-order valence-electron chi connectivity index (χ1n) is 13.2. The van der Waals surface area contributed by atoms with Crippen LogP contribution in [0.25, 0.3) is 0 Å². The standard InChI is InChI=1S/C30H37N3O5S/c1-22(34)21-39(37,38)31-26-15-9-14-25(18-26)28(33-17-16-27(35)19-33)20-32(2)30(36)29(23-10-5-3-6-11-23)24-12-7-4-8-13-24/h3-15,18,22,27-29,31,34-35H,16-17,19-21H2,1-2H3/t22?,27-,28?/m1/s1. The summed E-state index contributed by atoms with van der Waals surface area (Å²) in [5.74, 6) is -0.928. The van der Waals surface area contributed by atoms with Crippen LogP contribution < -0.4 is 4.72 Å². The third kappa shape index (κ3) is 7.67. The van der Waals surface area contributed by atoms with Gasteiger partial charge in [-0.3, -0.25) is 14.4 Å². The van der Waals surface area contributed by atoms with Crippen LogP contribution in [0.5, 0.6) is 0 Å². The van der Waals surface area contributed by atoms with Crippen molar-refractivity contribution < 1.29 is 23.4 Å². The van der Waals surface area contributed by atoms with Crippen molar-refractivity contribution in [2.75, 3.05) is 37.2 Å². The molecule has 3 atom stereocenters. The Bertz CT molecular complexity index is 1300. The van der Waals surface area contributed by atoms with Crippen LogP contribution in [0.4, 0.5) is 5.69 Å². The van der Waals surface area contributed by atoms with E-state index in [1.807, 2.05) is 66.7 Å². The molecule has 0 aliphatic carbocycles. The second-order valence-corrected chi connectivity index (χ2v) is 12.1. The first-order valence-corrected chi connectivity index (χ1v) is 14.8. The fourth-order valence-electron chi connectivity index (χ4n) is 5.17. The Morgan fingerprint density at radius 2 is 1.59 bits per heavy atom. The number of nitrogens with zero attached hydrogens (tertiary/aromatic N) is 2. The van der Waals surface area contributed by atoms with Crippen molar-refractivity contribution in [2.45, 2.75) is 37.5 Å². The lowest BCUT2D eigenvalue weighted by Crippen LogP contribution is -2.40. The molecule has 4 rings (SSSR count). The lowest BCUT2D eigenvalue weighted by Gasteiger charge is -2.33. The van der Waals surface area contributed by atoms with E-state index in [1.54, 1.807) is 30.1 Å². The van der Waals surface area contributed by atoms with Gasteiger partial charge < -0.3 is 15.1 Å². The van der Waals surface area contributed by atoms with Gasteiger partial charge in [0.2, 0.25) is 15.9 Å². The molecule has 1 aliphatic rings. The molecule has 1 aliphatic heterocycles. The van der Waals surface area contributed by atoms with Crippen molar-refractivity contribution in [3.63, 3.8) is 0 Å². The SMILES string of the molecule is CC(O)CS(=O)(=O)Nc1cccc(C(CN(C)C(=O)C(c2ccccc2)c2ccccc2)N2CC[C@@H](O)C2)c1. The summed E-state index contributed by atoms with van der Waals surface area (Å²) in [5.41, 5.74) is 3.03. The van der Waals surface area contributed by atoms with Crippen LogP contribution in [0.1, 0.15) is 42.0 Å². The third-order valence-electron chi connectivity index (χ3n) is 6.98. The van der Waals surface area contributed by atoms with E-state index in [2.05, 4.69) is 9.62 Å². The zero-order chi connectivity index (χ0) is 28.0. The largest absolute Gasteiger partial charge is 0.392 e. The summed E-state index contributed by atoms with van der Waals surface area (Å²) in [6, 6.07) is 26.2.